The highest BCUT2D eigenvalue weighted by Crippen LogP contribution is 2.04. The normalized spacial score (nSPS) is 19.6. The molecule has 1 aliphatic heterocycles. The van der Waals surface area contributed by atoms with Crippen molar-refractivity contribution >= 4 is 0 Å². The highest BCUT2D eigenvalue weighted by atomic mass is 16.6. The first kappa shape index (κ1) is 9.28. The molecular formula is C7H12O3. The van der Waals surface area contributed by atoms with Crippen molar-refractivity contribution in [3.8, 4) is 12.0 Å². The fraction of sp³-hybridized carbons (Fsp3) is 0.714. The van der Waals surface area contributed by atoms with E-state index in [0.29, 0.717) is 12.5 Å². The summed E-state index contributed by atoms with van der Waals surface area (Å²) >= 11 is 0. The number of hydrogen-bond donors (Lipinski definition) is 2. The van der Waals surface area contributed by atoms with Crippen molar-refractivity contribution in [1.29, 1.82) is 0 Å². The first-order valence-electron chi connectivity index (χ1n) is 3.15. The van der Waals surface area contributed by atoms with E-state index < -0.39 is 0 Å². The first-order chi connectivity index (χ1) is 4.81. The van der Waals surface area contributed by atoms with Crippen molar-refractivity contribution in [1.82, 2.24) is 0 Å². The third-order valence-corrected chi connectivity index (χ3v) is 0.816. The predicted molar refractivity (Wildman–Crippen MR) is 36.8 cm³/mol. The van der Waals surface area contributed by atoms with Gasteiger partial charge in [-0.3, -0.25) is 0 Å². The molecule has 0 aromatic carbocycles. The van der Waals surface area contributed by atoms with Crippen LogP contribution in [0.2, 0.25) is 0 Å². The summed E-state index contributed by atoms with van der Waals surface area (Å²) in [4.78, 5) is 0. The second-order valence-corrected chi connectivity index (χ2v) is 1.91. The Morgan fingerprint density at radius 1 is 1.70 bits per heavy atom. The van der Waals surface area contributed by atoms with Gasteiger partial charge in [0, 0.05) is 6.42 Å². The summed E-state index contributed by atoms with van der Waals surface area (Å²) in [5.74, 6) is 2.25. The van der Waals surface area contributed by atoms with Crippen LogP contribution in [0.4, 0.5) is 0 Å². The van der Waals surface area contributed by atoms with E-state index in [2.05, 4.69) is 12.8 Å². The second kappa shape index (κ2) is 6.40. The van der Waals surface area contributed by atoms with Gasteiger partial charge in [0.2, 0.25) is 0 Å². The molecule has 1 rings (SSSR count). The lowest BCUT2D eigenvalue weighted by Crippen LogP contribution is -1.74. The quantitative estimate of drug-likeness (QED) is 0.405. The van der Waals surface area contributed by atoms with E-state index in [1.807, 2.05) is 0 Å². The summed E-state index contributed by atoms with van der Waals surface area (Å²) in [5, 5.41) is 15.7. The Labute approximate surface area is 60.6 Å². The minimum Gasteiger partial charge on any atom is -0.462 e. The number of rotatable bonds is 1. The molecule has 1 heterocycles. The van der Waals surface area contributed by atoms with Crippen LogP contribution >= 0.6 is 0 Å². The topological polar surface area (TPSA) is 53.0 Å². The van der Waals surface area contributed by atoms with Crippen molar-refractivity contribution < 1.29 is 14.9 Å². The van der Waals surface area contributed by atoms with Crippen molar-refractivity contribution in [2.45, 2.75) is 19.4 Å². The highest BCUT2D eigenvalue weighted by Gasteiger charge is 2.13. The van der Waals surface area contributed by atoms with E-state index >= 15 is 0 Å². The second-order valence-electron chi connectivity index (χ2n) is 1.91. The van der Waals surface area contributed by atoms with Gasteiger partial charge in [-0.25, -0.2) is 0 Å². The third-order valence-electron chi connectivity index (χ3n) is 0.816. The standard InChI is InChI=1S/C4H6O2.C3H6O/c5-3-1-2-4-6;1-3-2-4-3/h5-6H,1,3H2;3H,2H2,1H3. The molecule has 10 heavy (non-hydrogen) atoms. The third kappa shape index (κ3) is 10.3. The average molecular weight is 144 g/mol. The van der Waals surface area contributed by atoms with Gasteiger partial charge >= 0.3 is 0 Å². The van der Waals surface area contributed by atoms with Crippen LogP contribution in [0, 0.1) is 12.0 Å². The lowest BCUT2D eigenvalue weighted by Gasteiger charge is -1.71. The first-order valence-corrected chi connectivity index (χ1v) is 3.15. The van der Waals surface area contributed by atoms with Crippen LogP contribution in [-0.2, 0) is 4.74 Å². The summed E-state index contributed by atoms with van der Waals surface area (Å²) in [6, 6.07) is 0. The summed E-state index contributed by atoms with van der Waals surface area (Å²) in [6.45, 7) is 3.06. The number of aliphatic hydroxyl groups is 2. The van der Waals surface area contributed by atoms with Gasteiger partial charge in [0.05, 0.1) is 19.3 Å². The van der Waals surface area contributed by atoms with Gasteiger partial charge in [-0.1, -0.05) is 5.92 Å². The summed E-state index contributed by atoms with van der Waals surface area (Å²) in [7, 11) is 0. The Balaban J connectivity index is 0.000000172. The van der Waals surface area contributed by atoms with E-state index in [4.69, 9.17) is 14.9 Å². The molecule has 0 saturated carbocycles. The molecule has 0 radical (unpaired) electrons. The molecule has 1 saturated heterocycles. The van der Waals surface area contributed by atoms with Crippen LogP contribution in [0.15, 0.2) is 0 Å². The van der Waals surface area contributed by atoms with E-state index in [1.54, 1.807) is 6.11 Å². The van der Waals surface area contributed by atoms with Crippen LogP contribution in [0.3, 0.4) is 0 Å². The number of aliphatic hydroxyl groups excluding tert-OH is 2. The Kier molecular flexibility index (Phi) is 5.94. The minimum atomic E-state index is 0.0214. The monoisotopic (exact) mass is 144 g/mol. The fourth-order valence-electron chi connectivity index (χ4n) is 0.208. The van der Waals surface area contributed by atoms with Crippen LogP contribution in [-0.4, -0.2) is 29.5 Å². The molecule has 0 spiro atoms. The molecule has 3 heteroatoms. The van der Waals surface area contributed by atoms with Gasteiger partial charge in [-0.05, 0) is 6.92 Å². The molecule has 1 aliphatic rings. The Hall–Kier alpha value is -0.720. The molecule has 0 bridgehead atoms. The van der Waals surface area contributed by atoms with Gasteiger partial charge in [0.15, 0.2) is 0 Å². The molecule has 3 nitrogen and oxygen atoms in total. The molecule has 0 aromatic rings. The van der Waals surface area contributed by atoms with Crippen molar-refractivity contribution in [3.63, 3.8) is 0 Å². The molecule has 0 amide bonds. The average Bonchev–Trinajstić information content (AvgIpc) is 2.69. The molecule has 2 N–H and O–H groups in total. The van der Waals surface area contributed by atoms with Gasteiger partial charge in [0.25, 0.3) is 0 Å². The van der Waals surface area contributed by atoms with Gasteiger partial charge in [-0.15, -0.1) is 0 Å². The highest BCUT2D eigenvalue weighted by molar-refractivity contribution is 4.88. The maximum atomic E-state index is 7.98. The predicted octanol–water partition coefficient (Wildman–Crippen LogP) is 0.107. The Morgan fingerprint density at radius 2 is 2.20 bits per heavy atom. The van der Waals surface area contributed by atoms with Crippen LogP contribution in [0.25, 0.3) is 0 Å². The Bertz CT molecular complexity index is 119. The van der Waals surface area contributed by atoms with E-state index in [9.17, 15) is 0 Å². The van der Waals surface area contributed by atoms with Gasteiger partial charge < -0.3 is 14.9 Å². The van der Waals surface area contributed by atoms with Crippen LogP contribution in [0.1, 0.15) is 13.3 Å². The molecule has 0 aromatic heterocycles. The zero-order valence-corrected chi connectivity index (χ0v) is 6.00. The van der Waals surface area contributed by atoms with Crippen molar-refractivity contribution in [2.75, 3.05) is 13.2 Å². The van der Waals surface area contributed by atoms with E-state index in [-0.39, 0.29) is 6.61 Å². The van der Waals surface area contributed by atoms with Crippen molar-refractivity contribution in [3.05, 3.63) is 0 Å². The molecule has 1 atom stereocenters. The number of hydrogen-bond acceptors (Lipinski definition) is 3. The van der Waals surface area contributed by atoms with E-state index in [0.717, 1.165) is 6.61 Å². The summed E-state index contributed by atoms with van der Waals surface area (Å²) < 4.78 is 4.71. The molecule has 58 valence electrons. The lowest BCUT2D eigenvalue weighted by atomic mass is 10.5. The zero-order chi connectivity index (χ0) is 7.82. The summed E-state index contributed by atoms with van der Waals surface area (Å²) in [6.07, 6.45) is 2.60. The smallest absolute Gasteiger partial charge is 0.107 e. The van der Waals surface area contributed by atoms with E-state index in [1.165, 1.54) is 0 Å². The molecular weight excluding hydrogens is 132 g/mol. The van der Waals surface area contributed by atoms with Crippen LogP contribution in [0.5, 0.6) is 0 Å². The van der Waals surface area contributed by atoms with Gasteiger partial charge in [-0.2, -0.15) is 0 Å². The molecule has 1 unspecified atom stereocenters. The minimum absolute atomic E-state index is 0.0214. The number of ether oxygens (including phenoxy) is 1. The number of epoxide rings is 1. The largest absolute Gasteiger partial charge is 0.462 e. The molecule has 1 fully saturated rings. The zero-order valence-electron chi connectivity index (χ0n) is 6.00. The van der Waals surface area contributed by atoms with Crippen LogP contribution < -0.4 is 0 Å². The maximum Gasteiger partial charge on any atom is 0.107 e. The SMILES string of the molecule is CC1CO1.OC#CCCO. The Morgan fingerprint density at radius 3 is 2.30 bits per heavy atom. The lowest BCUT2D eigenvalue weighted by molar-refractivity contribution is 0.304. The van der Waals surface area contributed by atoms with Gasteiger partial charge in [0.1, 0.15) is 6.11 Å². The van der Waals surface area contributed by atoms with Crippen molar-refractivity contribution in [2.24, 2.45) is 0 Å². The fourth-order valence-corrected chi connectivity index (χ4v) is 0.208. The maximum absolute atomic E-state index is 7.98. The summed E-state index contributed by atoms with van der Waals surface area (Å²) in [5.41, 5.74) is 0. The molecule has 0 aliphatic carbocycles.